The molecule has 0 spiro atoms. The molecule has 41 heavy (non-hydrogen) atoms. The second kappa shape index (κ2) is 15.9. The first-order valence-corrected chi connectivity index (χ1v) is 16.3. The van der Waals surface area contributed by atoms with Crippen molar-refractivity contribution in [1.29, 1.82) is 5.26 Å². The van der Waals surface area contributed by atoms with Crippen molar-refractivity contribution < 1.29 is 28.5 Å². The summed E-state index contributed by atoms with van der Waals surface area (Å²) in [4.78, 5) is 28.9. The van der Waals surface area contributed by atoms with Crippen molar-refractivity contribution in [2.24, 2.45) is 0 Å². The van der Waals surface area contributed by atoms with Gasteiger partial charge in [-0.15, -0.1) is 22.7 Å². The Bertz CT molecular complexity index is 1230. The molecule has 2 aliphatic rings. The molecule has 2 aromatic rings. The lowest BCUT2D eigenvalue weighted by molar-refractivity contribution is 0.0591. The van der Waals surface area contributed by atoms with E-state index < -0.39 is 5.97 Å². The van der Waals surface area contributed by atoms with E-state index in [9.17, 15) is 14.9 Å². The number of halogens is 1. The van der Waals surface area contributed by atoms with Gasteiger partial charge in [-0.2, -0.15) is 5.26 Å². The molecule has 2 aromatic heterocycles. The summed E-state index contributed by atoms with van der Waals surface area (Å²) in [5.74, 6) is -0.713. The number of anilines is 2. The smallest absolute Gasteiger partial charge is 0.340 e. The van der Waals surface area contributed by atoms with E-state index in [4.69, 9.17) is 18.9 Å². The standard InChI is InChI=1S/C15H20N2O3S.C14H20BrNO3S/c1-4-17(11-5-7-20-8-6-11)14-10(2)13(15(18)19-3)12(9-16)21-14;1-4-16(10-5-7-19-8-6-10)13-9(2)11(12(15)20-13)14(17)18-3/h11H,4-8H2,1-3H3;10H,4-8H2,1-3H3. The molecule has 0 aliphatic carbocycles. The van der Waals surface area contributed by atoms with Crippen LogP contribution in [0.1, 0.15) is 76.3 Å². The number of hydrogen-bond acceptors (Lipinski definition) is 11. The molecule has 4 heterocycles. The summed E-state index contributed by atoms with van der Waals surface area (Å²) >= 11 is 6.49. The molecule has 0 N–H and O–H groups in total. The predicted octanol–water partition coefficient (Wildman–Crippen LogP) is 6.33. The molecule has 0 radical (unpaired) electrons. The zero-order valence-corrected chi connectivity index (χ0v) is 27.9. The molecule has 2 fully saturated rings. The fourth-order valence-corrected chi connectivity index (χ4v) is 8.71. The fourth-order valence-electron chi connectivity index (χ4n) is 5.41. The van der Waals surface area contributed by atoms with Crippen molar-refractivity contribution in [2.45, 2.75) is 65.5 Å². The summed E-state index contributed by atoms with van der Waals surface area (Å²) in [6, 6.07) is 3.01. The van der Waals surface area contributed by atoms with Gasteiger partial charge in [0.2, 0.25) is 0 Å². The van der Waals surface area contributed by atoms with Crippen LogP contribution in [-0.2, 0) is 18.9 Å². The highest BCUT2D eigenvalue weighted by atomic mass is 79.9. The highest BCUT2D eigenvalue weighted by Crippen LogP contribution is 2.41. The van der Waals surface area contributed by atoms with Crippen LogP contribution in [0.5, 0.6) is 0 Å². The van der Waals surface area contributed by atoms with Gasteiger partial charge in [-0.1, -0.05) is 0 Å². The van der Waals surface area contributed by atoms with Crippen LogP contribution < -0.4 is 9.80 Å². The molecule has 4 rings (SSSR count). The van der Waals surface area contributed by atoms with Crippen LogP contribution >= 0.6 is 38.6 Å². The number of nitrogens with zero attached hydrogens (tertiary/aromatic N) is 3. The lowest BCUT2D eigenvalue weighted by atomic mass is 10.1. The maximum Gasteiger partial charge on any atom is 0.340 e. The van der Waals surface area contributed by atoms with Crippen molar-refractivity contribution in [3.8, 4) is 6.07 Å². The van der Waals surface area contributed by atoms with Gasteiger partial charge >= 0.3 is 11.9 Å². The van der Waals surface area contributed by atoms with Gasteiger partial charge in [-0.25, -0.2) is 9.59 Å². The van der Waals surface area contributed by atoms with E-state index in [0.717, 1.165) is 90.1 Å². The first kappa shape index (κ1) is 33.3. The highest BCUT2D eigenvalue weighted by Gasteiger charge is 2.29. The Labute approximate surface area is 259 Å². The molecule has 226 valence electrons. The first-order valence-electron chi connectivity index (χ1n) is 13.9. The van der Waals surface area contributed by atoms with Crippen LogP contribution in [-0.4, -0.2) is 77.8 Å². The monoisotopic (exact) mass is 669 g/mol. The van der Waals surface area contributed by atoms with Gasteiger partial charge in [0.05, 0.1) is 39.1 Å². The second-order valence-electron chi connectivity index (χ2n) is 9.77. The molecule has 2 aliphatic heterocycles. The third-order valence-corrected chi connectivity index (χ3v) is 10.8. The van der Waals surface area contributed by atoms with Crippen LogP contribution in [0.15, 0.2) is 3.79 Å². The van der Waals surface area contributed by atoms with E-state index in [-0.39, 0.29) is 5.97 Å². The molecular formula is C29H40BrN3O6S2. The first-order chi connectivity index (χ1) is 19.7. The summed E-state index contributed by atoms with van der Waals surface area (Å²) in [6.45, 7) is 13.1. The van der Waals surface area contributed by atoms with Crippen molar-refractivity contribution in [2.75, 3.05) is 63.5 Å². The number of nitriles is 1. The van der Waals surface area contributed by atoms with Crippen molar-refractivity contribution >= 4 is 60.5 Å². The quantitative estimate of drug-likeness (QED) is 0.298. The SMILES string of the molecule is CCN(c1sc(Br)c(C(=O)OC)c1C)C1CCOCC1.CCN(c1sc(C#N)c(C(=O)OC)c1C)C1CCOCC1. The number of methoxy groups -OCH3 is 2. The predicted molar refractivity (Wildman–Crippen MR) is 167 cm³/mol. The maximum atomic E-state index is 11.9. The summed E-state index contributed by atoms with van der Waals surface area (Å²) in [5.41, 5.74) is 2.90. The van der Waals surface area contributed by atoms with Crippen molar-refractivity contribution in [3.63, 3.8) is 0 Å². The Morgan fingerprint density at radius 1 is 0.854 bits per heavy atom. The Balaban J connectivity index is 0.000000226. The largest absolute Gasteiger partial charge is 0.465 e. The topological polar surface area (TPSA) is 101 Å². The maximum absolute atomic E-state index is 11.9. The molecule has 12 heteroatoms. The summed E-state index contributed by atoms with van der Waals surface area (Å²) in [7, 11) is 2.76. The van der Waals surface area contributed by atoms with E-state index in [1.165, 1.54) is 25.6 Å². The number of carbonyl (C=O) groups is 2. The average Bonchev–Trinajstić information content (AvgIpc) is 3.49. The van der Waals surface area contributed by atoms with E-state index in [0.29, 0.717) is 28.1 Å². The van der Waals surface area contributed by atoms with Gasteiger partial charge in [0, 0.05) is 51.6 Å². The number of carbonyl (C=O) groups excluding carboxylic acids is 2. The van der Waals surface area contributed by atoms with Gasteiger partial charge in [-0.3, -0.25) is 0 Å². The molecule has 0 atom stereocenters. The van der Waals surface area contributed by atoms with Gasteiger partial charge in [0.25, 0.3) is 0 Å². The summed E-state index contributed by atoms with van der Waals surface area (Å²) in [5, 5.41) is 11.4. The lowest BCUT2D eigenvalue weighted by Crippen LogP contribution is -2.39. The van der Waals surface area contributed by atoms with E-state index >= 15 is 0 Å². The third-order valence-electron chi connectivity index (χ3n) is 7.55. The zero-order chi connectivity index (χ0) is 30.1. The number of thiophene rings is 2. The molecular weight excluding hydrogens is 630 g/mol. The van der Waals surface area contributed by atoms with Gasteiger partial charge in [0.15, 0.2) is 0 Å². The Hall–Kier alpha value is -2.17. The molecule has 0 saturated carbocycles. The fraction of sp³-hybridized carbons (Fsp3) is 0.621. The van der Waals surface area contributed by atoms with Crippen LogP contribution in [0.4, 0.5) is 10.0 Å². The van der Waals surface area contributed by atoms with Crippen molar-refractivity contribution in [3.05, 3.63) is 30.9 Å². The van der Waals surface area contributed by atoms with Crippen LogP contribution in [0, 0.1) is 25.2 Å². The minimum absolute atomic E-state index is 0.278. The molecule has 9 nitrogen and oxygen atoms in total. The second-order valence-corrected chi connectivity index (χ2v) is 13.1. The Morgan fingerprint density at radius 2 is 1.27 bits per heavy atom. The van der Waals surface area contributed by atoms with E-state index in [1.54, 1.807) is 11.3 Å². The lowest BCUT2D eigenvalue weighted by Gasteiger charge is -2.34. The molecule has 2 saturated heterocycles. The van der Waals surface area contributed by atoms with Crippen LogP contribution in [0.3, 0.4) is 0 Å². The molecule has 0 amide bonds. The Kier molecular flexibility index (Phi) is 12.9. The minimum Gasteiger partial charge on any atom is -0.465 e. The normalized spacial score (nSPS) is 15.9. The van der Waals surface area contributed by atoms with Crippen molar-refractivity contribution in [1.82, 2.24) is 0 Å². The number of rotatable bonds is 8. The highest BCUT2D eigenvalue weighted by molar-refractivity contribution is 9.11. The molecule has 0 bridgehead atoms. The van der Waals surface area contributed by atoms with E-state index in [1.807, 2.05) is 13.8 Å². The van der Waals surface area contributed by atoms with Gasteiger partial charge in [-0.05, 0) is 80.4 Å². The van der Waals surface area contributed by atoms with Gasteiger partial charge < -0.3 is 28.7 Å². The summed E-state index contributed by atoms with van der Waals surface area (Å²) in [6.07, 6.45) is 4.02. The zero-order valence-electron chi connectivity index (χ0n) is 24.7. The Morgan fingerprint density at radius 3 is 1.68 bits per heavy atom. The number of esters is 2. The number of hydrogen-bond donors (Lipinski definition) is 0. The van der Waals surface area contributed by atoms with E-state index in [2.05, 4.69) is 45.6 Å². The molecule has 0 aromatic carbocycles. The third kappa shape index (κ3) is 7.62. The minimum atomic E-state index is -0.436. The van der Waals surface area contributed by atoms with Crippen LogP contribution in [0.2, 0.25) is 0 Å². The number of ether oxygens (including phenoxy) is 4. The van der Waals surface area contributed by atoms with Gasteiger partial charge in [0.1, 0.15) is 10.9 Å². The average molecular weight is 671 g/mol. The molecule has 0 unspecified atom stereocenters. The van der Waals surface area contributed by atoms with Crippen LogP contribution in [0.25, 0.3) is 0 Å². The summed E-state index contributed by atoms with van der Waals surface area (Å²) < 4.78 is 21.4.